The average molecular weight is 186 g/mol. The van der Waals surface area contributed by atoms with Gasteiger partial charge in [0.15, 0.2) is 0 Å². The molecule has 1 aliphatic carbocycles. The fraction of sp³-hybridized carbons (Fsp3) is 0.375. The molecular weight excluding hydrogens is 176 g/mol. The summed E-state index contributed by atoms with van der Waals surface area (Å²) in [5.74, 6) is 0.565. The molecule has 1 heteroatoms. The maximum Gasteiger partial charge on any atom is 0.0693 e. The van der Waals surface area contributed by atoms with Crippen LogP contribution in [0.25, 0.3) is 0 Å². The van der Waals surface area contributed by atoms with E-state index in [-0.39, 0.29) is 0 Å². The van der Waals surface area contributed by atoms with Crippen LogP contribution >= 0.6 is 15.9 Å². The summed E-state index contributed by atoms with van der Waals surface area (Å²) in [6.45, 7) is 4.30. The van der Waals surface area contributed by atoms with Gasteiger partial charge in [-0.2, -0.15) is 0 Å². The van der Waals surface area contributed by atoms with Crippen molar-refractivity contribution in [3.8, 4) is 0 Å². The van der Waals surface area contributed by atoms with E-state index in [1.807, 2.05) is 0 Å². The summed E-state index contributed by atoms with van der Waals surface area (Å²) in [6.07, 6.45) is 6.47. The van der Waals surface area contributed by atoms with Crippen LogP contribution in [-0.4, -0.2) is 0 Å². The highest BCUT2D eigenvalue weighted by Gasteiger charge is 2.11. The topological polar surface area (TPSA) is 0 Å². The normalized spacial score (nSPS) is 28.3. The van der Waals surface area contributed by atoms with Crippen LogP contribution in [0, 0.1) is 10.7 Å². The molecule has 1 radical (unpaired) electrons. The maximum atomic E-state index is 3.47. The quantitative estimate of drug-likeness (QED) is 0.545. The Morgan fingerprint density at radius 3 is 2.56 bits per heavy atom. The number of rotatable bonds is 0. The van der Waals surface area contributed by atoms with E-state index in [0.29, 0.717) is 5.92 Å². The molecule has 0 aromatic carbocycles. The van der Waals surface area contributed by atoms with Gasteiger partial charge in [0.25, 0.3) is 0 Å². The van der Waals surface area contributed by atoms with Crippen molar-refractivity contribution in [2.75, 3.05) is 0 Å². The van der Waals surface area contributed by atoms with Crippen molar-refractivity contribution in [3.05, 3.63) is 28.6 Å². The van der Waals surface area contributed by atoms with Crippen LogP contribution < -0.4 is 0 Å². The molecule has 0 amide bonds. The summed E-state index contributed by atoms with van der Waals surface area (Å²) in [7, 11) is 0. The van der Waals surface area contributed by atoms with Crippen LogP contribution in [-0.2, 0) is 0 Å². The van der Waals surface area contributed by atoms with Crippen molar-refractivity contribution in [2.45, 2.75) is 13.8 Å². The van der Waals surface area contributed by atoms with E-state index in [2.05, 4.69) is 48.0 Å². The van der Waals surface area contributed by atoms with E-state index < -0.39 is 0 Å². The van der Waals surface area contributed by atoms with Gasteiger partial charge in [0, 0.05) is 0 Å². The van der Waals surface area contributed by atoms with Crippen LogP contribution in [0.5, 0.6) is 0 Å². The first-order valence-corrected chi connectivity index (χ1v) is 3.88. The van der Waals surface area contributed by atoms with Crippen molar-refractivity contribution in [1.82, 2.24) is 0 Å². The SMILES string of the molecule is CC1=CC(C)[C](Br)C=C1. The zero-order chi connectivity index (χ0) is 6.85. The number of allylic oxidation sites excluding steroid dienone is 4. The van der Waals surface area contributed by atoms with Crippen LogP contribution in [0.4, 0.5) is 0 Å². The molecule has 0 nitrogen and oxygen atoms in total. The third kappa shape index (κ3) is 1.68. The Balaban J connectivity index is 2.70. The van der Waals surface area contributed by atoms with Gasteiger partial charge in [0.1, 0.15) is 0 Å². The monoisotopic (exact) mass is 185 g/mol. The van der Waals surface area contributed by atoms with Gasteiger partial charge in [-0.25, -0.2) is 0 Å². The Bertz CT molecular complexity index is 156. The summed E-state index contributed by atoms with van der Waals surface area (Å²) in [5.41, 5.74) is 1.35. The Morgan fingerprint density at radius 2 is 2.11 bits per heavy atom. The lowest BCUT2D eigenvalue weighted by molar-refractivity contribution is 0.848. The molecule has 9 heavy (non-hydrogen) atoms. The standard InChI is InChI=1S/C8H10Br/c1-6-3-4-8(9)7(2)5-6/h3-5,7H,1-2H3. The van der Waals surface area contributed by atoms with Gasteiger partial charge in [-0.3, -0.25) is 0 Å². The largest absolute Gasteiger partial charge is 0.0782 e. The maximum absolute atomic E-state index is 3.47. The van der Waals surface area contributed by atoms with E-state index >= 15 is 0 Å². The molecular formula is C8H10Br. The highest BCUT2D eigenvalue weighted by molar-refractivity contribution is 9.11. The Labute approximate surface area is 64.8 Å². The first-order chi connectivity index (χ1) is 4.20. The summed E-state index contributed by atoms with van der Waals surface area (Å²) < 4.78 is 0. The summed E-state index contributed by atoms with van der Waals surface area (Å²) in [4.78, 5) is 1.27. The van der Waals surface area contributed by atoms with Crippen LogP contribution in [0.15, 0.2) is 23.8 Å². The molecule has 0 fully saturated rings. The number of hydrogen-bond donors (Lipinski definition) is 0. The zero-order valence-electron chi connectivity index (χ0n) is 5.69. The molecule has 1 atom stereocenters. The van der Waals surface area contributed by atoms with Gasteiger partial charge in [0.2, 0.25) is 0 Å². The fourth-order valence-electron chi connectivity index (χ4n) is 0.892. The molecule has 1 aliphatic rings. The molecule has 0 saturated carbocycles. The molecule has 0 heterocycles. The van der Waals surface area contributed by atoms with Crippen molar-refractivity contribution in [2.24, 2.45) is 5.92 Å². The first-order valence-electron chi connectivity index (χ1n) is 3.09. The molecule has 0 spiro atoms. The summed E-state index contributed by atoms with van der Waals surface area (Å²) >= 11 is 3.47. The smallest absolute Gasteiger partial charge is 0.0693 e. The van der Waals surface area contributed by atoms with Gasteiger partial charge < -0.3 is 0 Å². The van der Waals surface area contributed by atoms with E-state index in [1.165, 1.54) is 10.4 Å². The lowest BCUT2D eigenvalue weighted by Gasteiger charge is -2.14. The van der Waals surface area contributed by atoms with E-state index in [1.54, 1.807) is 0 Å². The fourth-order valence-corrected chi connectivity index (χ4v) is 1.16. The molecule has 1 unspecified atom stereocenters. The lowest BCUT2D eigenvalue weighted by atomic mass is 9.99. The minimum Gasteiger partial charge on any atom is -0.0782 e. The number of halogens is 1. The van der Waals surface area contributed by atoms with E-state index in [4.69, 9.17) is 0 Å². The summed E-state index contributed by atoms with van der Waals surface area (Å²) in [5, 5.41) is 0. The lowest BCUT2D eigenvalue weighted by Crippen LogP contribution is -2.00. The van der Waals surface area contributed by atoms with Crippen LogP contribution in [0.2, 0.25) is 0 Å². The predicted molar refractivity (Wildman–Crippen MR) is 44.2 cm³/mol. The minimum atomic E-state index is 0.565. The molecule has 0 aromatic heterocycles. The van der Waals surface area contributed by atoms with Gasteiger partial charge in [-0.05, 0) is 12.8 Å². The van der Waals surface area contributed by atoms with Gasteiger partial charge in [0.05, 0.1) is 4.83 Å². The van der Waals surface area contributed by atoms with Crippen LogP contribution in [0.3, 0.4) is 0 Å². The van der Waals surface area contributed by atoms with Crippen molar-refractivity contribution in [1.29, 1.82) is 0 Å². The third-order valence-electron chi connectivity index (χ3n) is 1.45. The van der Waals surface area contributed by atoms with Gasteiger partial charge in [-0.1, -0.05) is 46.7 Å². The van der Waals surface area contributed by atoms with E-state index in [0.717, 1.165) is 0 Å². The summed E-state index contributed by atoms with van der Waals surface area (Å²) in [6, 6.07) is 0. The highest BCUT2D eigenvalue weighted by Crippen LogP contribution is 2.28. The molecule has 0 bridgehead atoms. The molecule has 1 rings (SSSR count). The Morgan fingerprint density at radius 1 is 1.44 bits per heavy atom. The van der Waals surface area contributed by atoms with Crippen LogP contribution in [0.1, 0.15) is 13.8 Å². The molecule has 0 aromatic rings. The van der Waals surface area contributed by atoms with Crippen molar-refractivity contribution in [3.63, 3.8) is 0 Å². The second-order valence-corrected chi connectivity index (χ2v) is 3.33. The second-order valence-electron chi connectivity index (χ2n) is 2.42. The predicted octanol–water partition coefficient (Wildman–Crippen LogP) is 3.07. The Hall–Kier alpha value is -0.0400. The van der Waals surface area contributed by atoms with Crippen molar-refractivity contribution < 1.29 is 0 Å². The Kier molecular flexibility index (Phi) is 2.12. The molecule has 0 saturated heterocycles. The van der Waals surface area contributed by atoms with Gasteiger partial charge >= 0.3 is 0 Å². The first kappa shape index (κ1) is 7.07. The highest BCUT2D eigenvalue weighted by atomic mass is 79.9. The molecule has 0 aliphatic heterocycles. The zero-order valence-corrected chi connectivity index (χ0v) is 7.27. The van der Waals surface area contributed by atoms with E-state index in [9.17, 15) is 0 Å². The van der Waals surface area contributed by atoms with Gasteiger partial charge in [-0.15, -0.1) is 0 Å². The third-order valence-corrected chi connectivity index (χ3v) is 2.44. The minimum absolute atomic E-state index is 0.565. The molecule has 49 valence electrons. The average Bonchev–Trinajstić information content (AvgIpc) is 1.80. The second kappa shape index (κ2) is 2.70. The van der Waals surface area contributed by atoms with Crippen molar-refractivity contribution >= 4 is 15.9 Å². The molecule has 0 N–H and O–H groups in total. The number of hydrogen-bond acceptors (Lipinski definition) is 0.